The van der Waals surface area contributed by atoms with Crippen LogP contribution < -0.4 is 0 Å². The number of esters is 3. The van der Waals surface area contributed by atoms with Crippen LogP contribution in [0.15, 0.2) is 72.9 Å². The van der Waals surface area contributed by atoms with Gasteiger partial charge in [0.2, 0.25) is 0 Å². The molecule has 0 aromatic heterocycles. The Morgan fingerprint density at radius 3 is 1.05 bits per heavy atom. The molecule has 0 fully saturated rings. The average molecular weight is 893 g/mol. The molecule has 1 unspecified atom stereocenters. The monoisotopic (exact) mass is 893 g/mol. The van der Waals surface area contributed by atoms with Gasteiger partial charge >= 0.3 is 17.9 Å². The highest BCUT2D eigenvalue weighted by Crippen LogP contribution is 2.14. The molecule has 0 amide bonds. The summed E-state index contributed by atoms with van der Waals surface area (Å²) in [5, 5.41) is 0. The van der Waals surface area contributed by atoms with Gasteiger partial charge in [-0.05, 0) is 96.3 Å². The van der Waals surface area contributed by atoms with Gasteiger partial charge in [0.15, 0.2) is 6.10 Å². The van der Waals surface area contributed by atoms with Crippen molar-refractivity contribution in [2.45, 2.75) is 264 Å². The molecule has 0 aromatic carbocycles. The third-order valence-corrected chi connectivity index (χ3v) is 11.5. The Morgan fingerprint density at radius 2 is 0.625 bits per heavy atom. The molecule has 1 atom stereocenters. The zero-order valence-electron chi connectivity index (χ0n) is 42.0. The zero-order chi connectivity index (χ0) is 46.5. The van der Waals surface area contributed by atoms with E-state index in [0.717, 1.165) is 103 Å². The van der Waals surface area contributed by atoms with Gasteiger partial charge in [0, 0.05) is 19.3 Å². The van der Waals surface area contributed by atoms with E-state index in [1.54, 1.807) is 0 Å². The van der Waals surface area contributed by atoms with Gasteiger partial charge < -0.3 is 14.2 Å². The van der Waals surface area contributed by atoms with Gasteiger partial charge in [-0.1, -0.05) is 216 Å². The topological polar surface area (TPSA) is 78.9 Å². The minimum absolute atomic E-state index is 0.0954. The average Bonchev–Trinajstić information content (AvgIpc) is 3.29. The Balaban J connectivity index is 4.42. The van der Waals surface area contributed by atoms with Gasteiger partial charge in [0.1, 0.15) is 13.2 Å². The molecule has 0 aliphatic rings. The lowest BCUT2D eigenvalue weighted by molar-refractivity contribution is -0.167. The molecule has 0 aliphatic heterocycles. The predicted molar refractivity (Wildman–Crippen MR) is 274 cm³/mol. The minimum Gasteiger partial charge on any atom is -0.462 e. The fraction of sp³-hybridized carbons (Fsp3) is 0.741. The molecule has 0 bridgehead atoms. The molecule has 0 aliphatic carbocycles. The summed E-state index contributed by atoms with van der Waals surface area (Å²) < 4.78 is 16.8. The van der Waals surface area contributed by atoms with E-state index in [4.69, 9.17) is 14.2 Å². The Hall–Kier alpha value is -3.15. The number of hydrogen-bond donors (Lipinski definition) is 0. The number of allylic oxidation sites excluding steroid dienone is 12. The summed E-state index contributed by atoms with van der Waals surface area (Å²) >= 11 is 0. The van der Waals surface area contributed by atoms with E-state index in [0.29, 0.717) is 19.3 Å². The third kappa shape index (κ3) is 49.9. The molecular formula is C58H100O6. The molecule has 0 radical (unpaired) electrons. The van der Waals surface area contributed by atoms with Crippen LogP contribution in [0.2, 0.25) is 0 Å². The molecule has 64 heavy (non-hydrogen) atoms. The summed E-state index contributed by atoms with van der Waals surface area (Å²) in [5.41, 5.74) is 0. The van der Waals surface area contributed by atoms with Crippen molar-refractivity contribution < 1.29 is 28.6 Å². The first-order valence-corrected chi connectivity index (χ1v) is 27.0. The Kier molecular flexibility index (Phi) is 49.9. The summed E-state index contributed by atoms with van der Waals surface area (Å²) in [4.78, 5) is 38.0. The van der Waals surface area contributed by atoms with Crippen molar-refractivity contribution >= 4 is 17.9 Å². The predicted octanol–water partition coefficient (Wildman–Crippen LogP) is 17.8. The maximum Gasteiger partial charge on any atom is 0.306 e. The quantitative estimate of drug-likeness (QED) is 0.0199. The van der Waals surface area contributed by atoms with Crippen molar-refractivity contribution in [3.63, 3.8) is 0 Å². The molecule has 0 spiro atoms. The van der Waals surface area contributed by atoms with Gasteiger partial charge in [-0.25, -0.2) is 0 Å². The van der Waals surface area contributed by atoms with Crippen molar-refractivity contribution in [3.05, 3.63) is 72.9 Å². The number of ether oxygens (including phenoxy) is 3. The van der Waals surface area contributed by atoms with Crippen molar-refractivity contribution in [3.8, 4) is 0 Å². The van der Waals surface area contributed by atoms with Gasteiger partial charge in [-0.2, -0.15) is 0 Å². The molecule has 0 saturated carbocycles. The number of unbranched alkanes of at least 4 members (excludes halogenated alkanes) is 27. The molecule has 368 valence electrons. The Bertz CT molecular complexity index is 1210. The Labute approximate surface area is 395 Å². The van der Waals surface area contributed by atoms with Crippen LogP contribution >= 0.6 is 0 Å². The lowest BCUT2D eigenvalue weighted by atomic mass is 10.1. The standard InChI is InChI=1S/C58H100O6/c1-4-7-10-13-16-19-22-24-26-28-30-31-33-36-39-42-45-48-51-57(60)63-54-55(53-62-56(59)50-47-44-41-38-35-21-18-15-12-9-6-3)64-58(61)52-49-46-43-40-37-34-32-29-27-25-23-20-17-14-11-8-5-2/h15,17-18,20-21,25-28,30-31,35,55H,4-14,16,19,22-24,29,32-34,36-54H2,1-3H3/b18-15-,20-17-,27-25-,28-26-,31-30-,35-21-. The number of carbonyl (C=O) groups is 3. The van der Waals surface area contributed by atoms with E-state index in [-0.39, 0.29) is 31.1 Å². The second-order valence-corrected chi connectivity index (χ2v) is 17.8. The van der Waals surface area contributed by atoms with E-state index in [9.17, 15) is 14.4 Å². The van der Waals surface area contributed by atoms with Crippen molar-refractivity contribution in [2.75, 3.05) is 13.2 Å². The molecule has 0 heterocycles. The second kappa shape index (κ2) is 52.5. The normalized spacial score (nSPS) is 12.6. The number of carbonyl (C=O) groups excluding carboxylic acids is 3. The summed E-state index contributed by atoms with van der Waals surface area (Å²) in [6.45, 7) is 6.52. The highest BCUT2D eigenvalue weighted by atomic mass is 16.6. The van der Waals surface area contributed by atoms with Crippen molar-refractivity contribution in [1.82, 2.24) is 0 Å². The largest absolute Gasteiger partial charge is 0.462 e. The van der Waals surface area contributed by atoms with Gasteiger partial charge in [-0.3, -0.25) is 14.4 Å². The molecule has 6 nitrogen and oxygen atoms in total. The summed E-state index contributed by atoms with van der Waals surface area (Å²) in [5.74, 6) is -0.943. The van der Waals surface area contributed by atoms with Crippen LogP contribution in [0.4, 0.5) is 0 Å². The van der Waals surface area contributed by atoms with Crippen LogP contribution in [-0.2, 0) is 28.6 Å². The molecule has 6 heteroatoms. The van der Waals surface area contributed by atoms with Gasteiger partial charge in [-0.15, -0.1) is 0 Å². The van der Waals surface area contributed by atoms with Crippen LogP contribution in [-0.4, -0.2) is 37.2 Å². The fourth-order valence-electron chi connectivity index (χ4n) is 7.32. The van der Waals surface area contributed by atoms with Crippen LogP contribution in [0, 0.1) is 0 Å². The van der Waals surface area contributed by atoms with Crippen LogP contribution in [0.3, 0.4) is 0 Å². The lowest BCUT2D eigenvalue weighted by Crippen LogP contribution is -2.30. The second-order valence-electron chi connectivity index (χ2n) is 17.8. The van der Waals surface area contributed by atoms with Crippen LogP contribution in [0.1, 0.15) is 258 Å². The van der Waals surface area contributed by atoms with Crippen LogP contribution in [0.25, 0.3) is 0 Å². The first kappa shape index (κ1) is 60.9. The highest BCUT2D eigenvalue weighted by molar-refractivity contribution is 5.71. The van der Waals surface area contributed by atoms with E-state index in [1.807, 2.05) is 0 Å². The Morgan fingerprint density at radius 1 is 0.328 bits per heavy atom. The zero-order valence-corrected chi connectivity index (χ0v) is 42.0. The number of hydrogen-bond acceptors (Lipinski definition) is 6. The maximum atomic E-state index is 12.8. The van der Waals surface area contributed by atoms with Crippen molar-refractivity contribution in [2.24, 2.45) is 0 Å². The summed E-state index contributed by atoms with van der Waals surface area (Å²) in [6.07, 6.45) is 66.0. The van der Waals surface area contributed by atoms with Crippen molar-refractivity contribution in [1.29, 1.82) is 0 Å². The third-order valence-electron chi connectivity index (χ3n) is 11.5. The van der Waals surface area contributed by atoms with Gasteiger partial charge in [0.05, 0.1) is 0 Å². The van der Waals surface area contributed by atoms with E-state index in [1.165, 1.54) is 116 Å². The summed E-state index contributed by atoms with van der Waals surface area (Å²) in [6, 6.07) is 0. The summed E-state index contributed by atoms with van der Waals surface area (Å²) in [7, 11) is 0. The van der Waals surface area contributed by atoms with Crippen LogP contribution in [0.5, 0.6) is 0 Å². The molecular weight excluding hydrogens is 793 g/mol. The number of rotatable bonds is 48. The molecule has 0 saturated heterocycles. The molecule has 0 N–H and O–H groups in total. The minimum atomic E-state index is -0.796. The van der Waals surface area contributed by atoms with E-state index < -0.39 is 6.10 Å². The first-order chi connectivity index (χ1) is 31.5. The fourth-order valence-corrected chi connectivity index (χ4v) is 7.32. The van der Waals surface area contributed by atoms with Gasteiger partial charge in [0.25, 0.3) is 0 Å². The van der Waals surface area contributed by atoms with E-state index in [2.05, 4.69) is 93.7 Å². The SMILES string of the molecule is CCCC/C=C\C=C/CCCCCC(=O)OCC(COC(=O)CCCCCCC/C=C\C=C/CCCCCCCCC)OC(=O)CCCCCCCCC/C=C\C/C=C\CCCCC. The maximum absolute atomic E-state index is 12.8. The first-order valence-electron chi connectivity index (χ1n) is 27.0. The molecule has 0 rings (SSSR count). The lowest BCUT2D eigenvalue weighted by Gasteiger charge is -2.18. The highest BCUT2D eigenvalue weighted by Gasteiger charge is 2.19. The smallest absolute Gasteiger partial charge is 0.306 e. The van der Waals surface area contributed by atoms with E-state index >= 15 is 0 Å². The molecule has 0 aromatic rings.